The van der Waals surface area contributed by atoms with Gasteiger partial charge in [-0.05, 0) is 55.5 Å². The van der Waals surface area contributed by atoms with Crippen LogP contribution < -0.4 is 5.32 Å². The molecule has 2 heterocycles. The lowest BCUT2D eigenvalue weighted by molar-refractivity contribution is -0.264. The molecule has 1 N–H and O–H groups in total. The fourth-order valence-electron chi connectivity index (χ4n) is 5.79. The van der Waals surface area contributed by atoms with E-state index in [-0.39, 0.29) is 63.9 Å². The number of aldehydes is 1. The van der Waals surface area contributed by atoms with Gasteiger partial charge in [-0.25, -0.2) is 0 Å². The number of hydrogen-bond donors (Lipinski definition) is 1. The van der Waals surface area contributed by atoms with Crippen molar-refractivity contribution in [3.05, 3.63) is 0 Å². The Labute approximate surface area is 242 Å². The van der Waals surface area contributed by atoms with E-state index in [0.717, 1.165) is 19.1 Å². The third-order valence-corrected chi connectivity index (χ3v) is 19.9. The van der Waals surface area contributed by atoms with Crippen molar-refractivity contribution in [3.8, 4) is 0 Å². The highest BCUT2D eigenvalue weighted by atomic mass is 28.4. The van der Waals surface area contributed by atoms with Crippen LogP contribution in [0, 0.1) is 29.6 Å². The Hall–Kier alpha value is -0.546. The minimum absolute atomic E-state index is 0.00346. The molecule has 9 atom stereocenters. The maximum Gasteiger partial charge on any atom is 0.225 e. The Morgan fingerprint density at radius 3 is 2.05 bits per heavy atom. The fraction of sp³-hybridized carbons (Fsp3) is 0.935. The van der Waals surface area contributed by atoms with Crippen molar-refractivity contribution in [1.82, 2.24) is 5.32 Å². The normalized spacial score (nSPS) is 34.5. The third kappa shape index (κ3) is 7.10. The first-order chi connectivity index (χ1) is 17.5. The lowest BCUT2D eigenvalue weighted by Gasteiger charge is -2.59. The van der Waals surface area contributed by atoms with Gasteiger partial charge in [0.2, 0.25) is 5.91 Å². The smallest absolute Gasteiger partial charge is 0.225 e. The Morgan fingerprint density at radius 1 is 1.05 bits per heavy atom. The Kier molecular flexibility index (Phi) is 10.6. The third-order valence-electron chi connectivity index (χ3n) is 10.9. The molecule has 39 heavy (non-hydrogen) atoms. The summed E-state index contributed by atoms with van der Waals surface area (Å²) in [4.78, 5) is 25.4. The van der Waals surface area contributed by atoms with Gasteiger partial charge in [-0.15, -0.1) is 0 Å². The summed E-state index contributed by atoms with van der Waals surface area (Å²) in [6, 6.07) is 0. The predicted molar refractivity (Wildman–Crippen MR) is 166 cm³/mol. The number of nitrogens with one attached hydrogen (secondary N) is 1. The largest absolute Gasteiger partial charge is 0.413 e. The molecule has 2 aliphatic heterocycles. The molecule has 6 nitrogen and oxygen atoms in total. The van der Waals surface area contributed by atoms with E-state index in [1.165, 1.54) is 0 Å². The molecule has 2 rings (SSSR count). The van der Waals surface area contributed by atoms with E-state index < -0.39 is 22.4 Å². The topological polar surface area (TPSA) is 73.9 Å². The molecule has 0 aromatic carbocycles. The molecule has 0 unspecified atom stereocenters. The SMILES string of the molecule is CC[C@H]1C[C@H](C)[C@@]2(NC1=O)O[C@@H](C[C@H](O[Si](C)(C)C(C)(C)C)[C@@H](C)C=O)[C@H](C)[C@H](O[Si](C)(C)C(C)(C)C)[C@@H]2C. The van der Waals surface area contributed by atoms with Gasteiger partial charge in [-0.2, -0.15) is 0 Å². The highest BCUT2D eigenvalue weighted by Crippen LogP contribution is 2.50. The maximum absolute atomic E-state index is 13.3. The zero-order valence-corrected chi connectivity index (χ0v) is 29.9. The molecular weight excluding hydrogens is 523 g/mol. The summed E-state index contributed by atoms with van der Waals surface area (Å²) in [5.41, 5.74) is -0.807. The molecule has 2 fully saturated rings. The molecule has 8 heteroatoms. The van der Waals surface area contributed by atoms with E-state index in [4.69, 9.17) is 13.6 Å². The van der Waals surface area contributed by atoms with Gasteiger partial charge in [0.1, 0.15) is 12.0 Å². The van der Waals surface area contributed by atoms with Crippen LogP contribution in [0.3, 0.4) is 0 Å². The van der Waals surface area contributed by atoms with Crippen LogP contribution in [0.2, 0.25) is 36.3 Å². The number of carbonyl (C=O) groups is 2. The molecule has 0 aliphatic carbocycles. The van der Waals surface area contributed by atoms with E-state index in [2.05, 4.69) is 101 Å². The average molecular weight is 584 g/mol. The van der Waals surface area contributed by atoms with Crippen molar-refractivity contribution >= 4 is 28.8 Å². The van der Waals surface area contributed by atoms with Gasteiger partial charge in [0.25, 0.3) is 0 Å². The molecule has 2 aliphatic rings. The number of rotatable bonds is 9. The molecule has 0 aromatic rings. The van der Waals surface area contributed by atoms with Crippen LogP contribution in [0.1, 0.15) is 95.4 Å². The van der Waals surface area contributed by atoms with E-state index in [1.54, 1.807) is 0 Å². The van der Waals surface area contributed by atoms with Gasteiger partial charge >= 0.3 is 0 Å². The van der Waals surface area contributed by atoms with Crippen LogP contribution >= 0.6 is 0 Å². The summed E-state index contributed by atoms with van der Waals surface area (Å²) in [5.74, 6) is 0.0302. The minimum Gasteiger partial charge on any atom is -0.413 e. The lowest BCUT2D eigenvalue weighted by atomic mass is 9.69. The van der Waals surface area contributed by atoms with E-state index in [0.29, 0.717) is 6.42 Å². The van der Waals surface area contributed by atoms with Crippen molar-refractivity contribution in [2.45, 2.75) is 156 Å². The molecule has 1 amide bonds. The average Bonchev–Trinajstić information content (AvgIpc) is 2.79. The first kappa shape index (κ1) is 34.7. The van der Waals surface area contributed by atoms with Gasteiger partial charge < -0.3 is 23.7 Å². The van der Waals surface area contributed by atoms with Crippen LogP contribution in [0.4, 0.5) is 0 Å². The van der Waals surface area contributed by atoms with Crippen molar-refractivity contribution < 1.29 is 23.2 Å². The zero-order valence-electron chi connectivity index (χ0n) is 27.9. The van der Waals surface area contributed by atoms with Crippen molar-refractivity contribution in [2.75, 3.05) is 0 Å². The first-order valence-corrected chi connectivity index (χ1v) is 21.2. The summed E-state index contributed by atoms with van der Waals surface area (Å²) >= 11 is 0. The van der Waals surface area contributed by atoms with Crippen LogP contribution in [0.15, 0.2) is 0 Å². The molecule has 1 spiro atoms. The summed E-state index contributed by atoms with van der Waals surface area (Å²) in [5, 5.41) is 3.48. The number of hydrogen-bond acceptors (Lipinski definition) is 5. The van der Waals surface area contributed by atoms with Gasteiger partial charge in [0, 0.05) is 29.6 Å². The number of ether oxygens (including phenoxy) is 1. The minimum atomic E-state index is -2.14. The van der Waals surface area contributed by atoms with Gasteiger partial charge in [0.05, 0.1) is 18.3 Å². The molecule has 0 radical (unpaired) electrons. The summed E-state index contributed by atoms with van der Waals surface area (Å²) in [7, 11) is -4.27. The standard InChI is InChI=1S/C31H61NO5Si2/c1-16-24-17-21(3)31(32-28(24)34)23(5)27(37-39(14,15)30(9,10)11)22(4)26(35-31)18-25(20(2)19-33)36-38(12,13)29(6,7)8/h19-27H,16-18H2,1-15H3,(H,32,34)/t20-,21-,22-,23-,24-,25-,26-,27-,31+/m0/s1. The van der Waals surface area contributed by atoms with Gasteiger partial charge in [0.15, 0.2) is 16.6 Å². The second kappa shape index (κ2) is 12.0. The van der Waals surface area contributed by atoms with Crippen molar-refractivity contribution in [2.24, 2.45) is 29.6 Å². The van der Waals surface area contributed by atoms with Crippen LogP contribution in [-0.2, 0) is 23.2 Å². The molecule has 228 valence electrons. The monoisotopic (exact) mass is 583 g/mol. The zero-order chi connectivity index (χ0) is 30.4. The Morgan fingerprint density at radius 2 is 1.59 bits per heavy atom. The quantitative estimate of drug-likeness (QED) is 0.224. The van der Waals surface area contributed by atoms with Gasteiger partial charge in [-0.3, -0.25) is 4.79 Å². The van der Waals surface area contributed by atoms with Crippen molar-refractivity contribution in [3.63, 3.8) is 0 Å². The van der Waals surface area contributed by atoms with E-state index in [1.807, 2.05) is 6.92 Å². The molecule has 0 bridgehead atoms. The van der Waals surface area contributed by atoms with Gasteiger partial charge in [-0.1, -0.05) is 76.2 Å². The molecule has 0 aromatic heterocycles. The summed E-state index contributed by atoms with van der Waals surface area (Å²) in [6.45, 7) is 33.3. The van der Waals surface area contributed by atoms with Crippen LogP contribution in [-0.4, -0.2) is 52.9 Å². The Bertz CT molecular complexity index is 864. The Balaban J connectivity index is 2.56. The number of carbonyl (C=O) groups excluding carboxylic acids is 2. The van der Waals surface area contributed by atoms with E-state index in [9.17, 15) is 9.59 Å². The predicted octanol–water partition coefficient (Wildman–Crippen LogP) is 7.54. The lowest BCUT2D eigenvalue weighted by Crippen LogP contribution is -2.72. The second-order valence-corrected chi connectivity index (χ2v) is 25.3. The van der Waals surface area contributed by atoms with Crippen molar-refractivity contribution in [1.29, 1.82) is 0 Å². The second-order valence-electron chi connectivity index (χ2n) is 15.8. The molecular formula is C31H61NO5Si2. The maximum atomic E-state index is 13.3. The van der Waals surface area contributed by atoms with Crippen LogP contribution in [0.25, 0.3) is 0 Å². The number of amides is 1. The highest BCUT2D eigenvalue weighted by Gasteiger charge is 2.59. The highest BCUT2D eigenvalue weighted by molar-refractivity contribution is 6.74. The summed E-state index contributed by atoms with van der Waals surface area (Å²) in [6.07, 6.45) is 2.69. The summed E-state index contributed by atoms with van der Waals surface area (Å²) < 4.78 is 21.2. The number of piperidine rings is 1. The first-order valence-electron chi connectivity index (χ1n) is 15.3. The molecule has 0 saturated carbocycles. The van der Waals surface area contributed by atoms with E-state index >= 15 is 0 Å². The molecule has 2 saturated heterocycles. The van der Waals surface area contributed by atoms with Crippen LogP contribution in [0.5, 0.6) is 0 Å². The fourth-order valence-corrected chi connectivity index (χ4v) is 8.67.